The third-order valence-electron chi connectivity index (χ3n) is 4.22. The summed E-state index contributed by atoms with van der Waals surface area (Å²) in [6.45, 7) is 6.68. The molecular formula is C23H26Cl2N2O4. The van der Waals surface area contributed by atoms with Crippen molar-refractivity contribution < 1.29 is 19.1 Å². The maximum absolute atomic E-state index is 12.8. The summed E-state index contributed by atoms with van der Waals surface area (Å²) in [6.07, 6.45) is 0. The van der Waals surface area contributed by atoms with E-state index in [-0.39, 0.29) is 0 Å². The van der Waals surface area contributed by atoms with Gasteiger partial charge in [-0.05, 0) is 38.8 Å². The van der Waals surface area contributed by atoms with Crippen LogP contribution < -0.4 is 10.6 Å². The number of halogens is 2. The summed E-state index contributed by atoms with van der Waals surface area (Å²) in [5, 5.41) is 5.13. The van der Waals surface area contributed by atoms with Crippen LogP contribution in [-0.2, 0) is 23.5 Å². The molecular weight excluding hydrogens is 439 g/mol. The lowest BCUT2D eigenvalue weighted by molar-refractivity contribution is -0.159. The van der Waals surface area contributed by atoms with Crippen LogP contribution >= 0.6 is 23.2 Å². The van der Waals surface area contributed by atoms with Crippen LogP contribution in [0.1, 0.15) is 44.9 Å². The van der Waals surface area contributed by atoms with Crippen molar-refractivity contribution in [2.45, 2.75) is 49.7 Å². The van der Waals surface area contributed by atoms with E-state index in [9.17, 15) is 14.4 Å². The van der Waals surface area contributed by atoms with E-state index >= 15 is 0 Å². The topological polar surface area (TPSA) is 84.5 Å². The van der Waals surface area contributed by atoms with Crippen molar-refractivity contribution in [2.75, 3.05) is 0 Å². The molecule has 0 heterocycles. The molecule has 0 saturated carbocycles. The average Bonchev–Trinajstić information content (AvgIpc) is 2.71. The number of rotatable bonds is 7. The van der Waals surface area contributed by atoms with E-state index < -0.39 is 39.8 Å². The van der Waals surface area contributed by atoms with E-state index in [1.807, 2.05) is 0 Å². The zero-order valence-electron chi connectivity index (χ0n) is 17.8. The molecule has 2 aromatic carbocycles. The smallest absolute Gasteiger partial charge is 0.333 e. The lowest BCUT2D eigenvalue weighted by Crippen LogP contribution is -2.50. The van der Waals surface area contributed by atoms with E-state index in [2.05, 4.69) is 10.6 Å². The van der Waals surface area contributed by atoms with Gasteiger partial charge in [0.25, 0.3) is 5.91 Å². The highest BCUT2D eigenvalue weighted by Crippen LogP contribution is 2.34. The standard InChI is InChI=1S/C23H26Cl2N2O4/c1-15(26-21(30)23(24,25)17-13-9-6-10-14-17)19(28)27-18(16-11-7-5-8-12-16)20(29)31-22(2,3)4/h5-15,18H,1-4H3,(H,26,30)(H,27,28)/t15-,18?/m0/s1. The summed E-state index contributed by atoms with van der Waals surface area (Å²) >= 11 is 12.5. The molecule has 166 valence electrons. The van der Waals surface area contributed by atoms with Crippen molar-refractivity contribution in [1.82, 2.24) is 10.6 Å². The molecule has 0 aliphatic heterocycles. The molecule has 0 bridgehead atoms. The minimum absolute atomic E-state index is 0.374. The second kappa shape index (κ2) is 10.2. The van der Waals surface area contributed by atoms with Crippen LogP contribution in [0.5, 0.6) is 0 Å². The largest absolute Gasteiger partial charge is 0.458 e. The third kappa shape index (κ3) is 6.97. The van der Waals surface area contributed by atoms with Crippen molar-refractivity contribution in [3.8, 4) is 0 Å². The number of hydrogen-bond acceptors (Lipinski definition) is 4. The first-order valence-corrected chi connectivity index (χ1v) is 10.5. The Balaban J connectivity index is 2.13. The van der Waals surface area contributed by atoms with Crippen LogP contribution in [0.25, 0.3) is 0 Å². The Bertz CT molecular complexity index is 912. The van der Waals surface area contributed by atoms with E-state index in [1.165, 1.54) is 6.92 Å². The van der Waals surface area contributed by atoms with Gasteiger partial charge in [0.05, 0.1) is 0 Å². The van der Waals surface area contributed by atoms with Crippen LogP contribution in [0, 0.1) is 0 Å². The first kappa shape index (κ1) is 24.7. The molecule has 0 fully saturated rings. The molecule has 1 unspecified atom stereocenters. The van der Waals surface area contributed by atoms with Crippen LogP contribution in [0.3, 0.4) is 0 Å². The molecule has 2 amide bonds. The van der Waals surface area contributed by atoms with Gasteiger partial charge in [-0.25, -0.2) is 4.79 Å². The molecule has 0 spiro atoms. The highest BCUT2D eigenvalue weighted by molar-refractivity contribution is 6.57. The fourth-order valence-electron chi connectivity index (χ4n) is 2.68. The van der Waals surface area contributed by atoms with Gasteiger partial charge < -0.3 is 15.4 Å². The molecule has 0 aliphatic rings. The number of esters is 1. The molecule has 0 radical (unpaired) electrons. The summed E-state index contributed by atoms with van der Waals surface area (Å²) in [7, 11) is 0. The van der Waals surface area contributed by atoms with Gasteiger partial charge in [0, 0.05) is 0 Å². The van der Waals surface area contributed by atoms with Crippen LogP contribution in [-0.4, -0.2) is 29.4 Å². The number of ether oxygens (including phenoxy) is 1. The minimum Gasteiger partial charge on any atom is -0.458 e. The molecule has 6 nitrogen and oxygen atoms in total. The third-order valence-corrected chi connectivity index (χ3v) is 5.00. The highest BCUT2D eigenvalue weighted by Gasteiger charge is 2.38. The molecule has 0 aromatic heterocycles. The monoisotopic (exact) mass is 464 g/mol. The first-order valence-electron chi connectivity index (χ1n) is 9.74. The minimum atomic E-state index is -1.88. The van der Waals surface area contributed by atoms with E-state index in [0.717, 1.165) is 0 Å². The Morgan fingerprint density at radius 1 is 0.871 bits per heavy atom. The molecule has 0 saturated heterocycles. The van der Waals surface area contributed by atoms with Crippen molar-refractivity contribution in [1.29, 1.82) is 0 Å². The zero-order chi connectivity index (χ0) is 23.2. The molecule has 2 atom stereocenters. The Hall–Kier alpha value is -2.57. The second-order valence-electron chi connectivity index (χ2n) is 8.02. The van der Waals surface area contributed by atoms with Crippen molar-refractivity contribution >= 4 is 41.0 Å². The summed E-state index contributed by atoms with van der Waals surface area (Å²) in [4.78, 5) is 38.1. The van der Waals surface area contributed by atoms with Gasteiger partial charge >= 0.3 is 5.97 Å². The first-order chi connectivity index (χ1) is 14.4. The molecule has 8 heteroatoms. The summed E-state index contributed by atoms with van der Waals surface area (Å²) in [6, 6.07) is 15.0. The van der Waals surface area contributed by atoms with Crippen molar-refractivity contribution in [3.63, 3.8) is 0 Å². The summed E-state index contributed by atoms with van der Waals surface area (Å²) in [5.74, 6) is -1.96. The fourth-order valence-corrected chi connectivity index (χ4v) is 3.04. The zero-order valence-corrected chi connectivity index (χ0v) is 19.3. The number of carbonyl (C=O) groups excluding carboxylic acids is 3. The number of amides is 2. The van der Waals surface area contributed by atoms with Gasteiger partial charge in [0.2, 0.25) is 10.2 Å². The SMILES string of the molecule is C[C@H](NC(=O)C(Cl)(Cl)c1ccccc1)C(=O)NC(C(=O)OC(C)(C)C)c1ccccc1. The Morgan fingerprint density at radius 3 is 1.90 bits per heavy atom. The Kier molecular flexibility index (Phi) is 8.09. The Labute approximate surface area is 192 Å². The van der Waals surface area contributed by atoms with Crippen LogP contribution in [0.15, 0.2) is 60.7 Å². The second-order valence-corrected chi connectivity index (χ2v) is 9.35. The molecule has 2 rings (SSSR count). The lowest BCUT2D eigenvalue weighted by Gasteiger charge is -2.26. The van der Waals surface area contributed by atoms with E-state index in [1.54, 1.807) is 81.4 Å². The number of hydrogen-bond donors (Lipinski definition) is 2. The molecule has 2 N–H and O–H groups in total. The van der Waals surface area contributed by atoms with Gasteiger partial charge in [0.1, 0.15) is 11.6 Å². The Morgan fingerprint density at radius 2 is 1.39 bits per heavy atom. The summed E-state index contributed by atoms with van der Waals surface area (Å²) in [5.41, 5.74) is 0.192. The molecule has 2 aromatic rings. The number of nitrogens with one attached hydrogen (secondary N) is 2. The van der Waals surface area contributed by atoms with Gasteiger partial charge in [-0.3, -0.25) is 9.59 Å². The van der Waals surface area contributed by atoms with Gasteiger partial charge in [0.15, 0.2) is 6.04 Å². The van der Waals surface area contributed by atoms with E-state index in [4.69, 9.17) is 27.9 Å². The molecule has 0 aliphatic carbocycles. The lowest BCUT2D eigenvalue weighted by atomic mass is 10.1. The van der Waals surface area contributed by atoms with Gasteiger partial charge in [-0.15, -0.1) is 0 Å². The highest BCUT2D eigenvalue weighted by atomic mass is 35.5. The van der Waals surface area contributed by atoms with Gasteiger partial charge in [-0.1, -0.05) is 83.9 Å². The number of carbonyl (C=O) groups is 3. The predicted octanol–water partition coefficient (Wildman–Crippen LogP) is 4.02. The van der Waals surface area contributed by atoms with E-state index in [0.29, 0.717) is 11.1 Å². The van der Waals surface area contributed by atoms with Crippen molar-refractivity contribution in [2.24, 2.45) is 0 Å². The average molecular weight is 465 g/mol. The summed E-state index contributed by atoms with van der Waals surface area (Å²) < 4.78 is 3.57. The van der Waals surface area contributed by atoms with Crippen molar-refractivity contribution in [3.05, 3.63) is 71.8 Å². The maximum Gasteiger partial charge on any atom is 0.333 e. The predicted molar refractivity (Wildman–Crippen MR) is 121 cm³/mol. The quantitative estimate of drug-likeness (QED) is 0.478. The molecule has 31 heavy (non-hydrogen) atoms. The van der Waals surface area contributed by atoms with Crippen LogP contribution in [0.2, 0.25) is 0 Å². The maximum atomic E-state index is 12.8. The van der Waals surface area contributed by atoms with Gasteiger partial charge in [-0.2, -0.15) is 0 Å². The number of alkyl halides is 2. The normalized spacial score (nSPS) is 13.6. The number of benzene rings is 2. The fraction of sp³-hybridized carbons (Fsp3) is 0.348. The van der Waals surface area contributed by atoms with Crippen LogP contribution in [0.4, 0.5) is 0 Å².